The van der Waals surface area contributed by atoms with Gasteiger partial charge in [0.2, 0.25) is 11.8 Å². The first-order valence-corrected chi connectivity index (χ1v) is 18.8. The second-order valence-electron chi connectivity index (χ2n) is 14.4. The Morgan fingerprint density at radius 1 is 1.09 bits per heavy atom. The number of nitrogens with one attached hydrogen (secondary N) is 3. The molecule has 250 valence electrons. The van der Waals surface area contributed by atoms with Crippen molar-refractivity contribution in [2.24, 2.45) is 11.8 Å². The smallest absolute Gasteiger partial charge is 0.244 e. The van der Waals surface area contributed by atoms with Crippen molar-refractivity contribution in [2.75, 3.05) is 24.7 Å². The number of piperidine rings is 1. The molecule has 2 amide bonds. The second kappa shape index (κ2) is 14.5. The van der Waals surface area contributed by atoms with E-state index in [1.165, 1.54) is 38.0 Å². The van der Waals surface area contributed by atoms with Gasteiger partial charge in [0, 0.05) is 36.5 Å². The number of amides is 2. The molecule has 2 unspecified atom stereocenters. The van der Waals surface area contributed by atoms with Crippen molar-refractivity contribution in [3.8, 4) is 0 Å². The number of β-amino-alcohol motifs (C(OH)–C–C–N with tert-alkyl or cyclic N) is 1. The minimum atomic E-state index is -3.69. The van der Waals surface area contributed by atoms with E-state index in [9.17, 15) is 23.1 Å². The maximum atomic E-state index is 14.0. The van der Waals surface area contributed by atoms with Crippen LogP contribution in [0.1, 0.15) is 72.3 Å². The van der Waals surface area contributed by atoms with Gasteiger partial charge >= 0.3 is 0 Å². The minimum Gasteiger partial charge on any atom is -0.390 e. The number of likely N-dealkylation sites (tertiary alicyclic amines) is 1. The van der Waals surface area contributed by atoms with Gasteiger partial charge in [0.15, 0.2) is 15.0 Å². The molecule has 0 bridgehead atoms. The number of carbonyl (C=O) groups excluding carboxylic acids is 2. The van der Waals surface area contributed by atoms with Gasteiger partial charge in [-0.15, -0.1) is 11.3 Å². The first kappa shape index (κ1) is 35.3. The Kier molecular flexibility index (Phi) is 11.4. The van der Waals surface area contributed by atoms with Gasteiger partial charge in [-0.2, -0.15) is 0 Å². The molecule has 45 heavy (non-hydrogen) atoms. The van der Waals surface area contributed by atoms with Gasteiger partial charge in [0.05, 0.1) is 22.9 Å². The summed E-state index contributed by atoms with van der Waals surface area (Å²) < 4.78 is 24.3. The van der Waals surface area contributed by atoms with Crippen LogP contribution in [0.4, 0.5) is 5.13 Å². The molecule has 1 aliphatic heterocycles. The zero-order chi connectivity index (χ0) is 33.0. The molecule has 2 aromatic rings. The van der Waals surface area contributed by atoms with Crippen molar-refractivity contribution in [1.82, 2.24) is 20.5 Å². The van der Waals surface area contributed by atoms with Gasteiger partial charge in [0.25, 0.3) is 0 Å². The van der Waals surface area contributed by atoms with Crippen LogP contribution in [0.2, 0.25) is 0 Å². The van der Waals surface area contributed by atoms with Crippen LogP contribution in [0.15, 0.2) is 41.9 Å². The lowest BCUT2D eigenvalue weighted by molar-refractivity contribution is -0.133. The Hall–Kier alpha value is -2.54. The predicted octanol–water partition coefficient (Wildman–Crippen LogP) is 3.63. The highest BCUT2D eigenvalue weighted by molar-refractivity contribution is 7.92. The van der Waals surface area contributed by atoms with Gasteiger partial charge in [-0.25, -0.2) is 13.4 Å². The van der Waals surface area contributed by atoms with Crippen LogP contribution < -0.4 is 16.0 Å². The Labute approximate surface area is 272 Å². The van der Waals surface area contributed by atoms with Gasteiger partial charge in [0.1, 0.15) is 6.04 Å². The summed E-state index contributed by atoms with van der Waals surface area (Å²) in [7, 11) is -3.69. The fourth-order valence-electron chi connectivity index (χ4n) is 6.60. The SMILES string of the molecule is CC(C)(C)NC(=O)[C@@H]1CC2CCCCC2CN1C[C@@H](O)[C@H](Cc1ccccc1)NC(=O)[C@@H](Nc1nccs1)C(C)(C)S(C)(=O)=O. The summed E-state index contributed by atoms with van der Waals surface area (Å²) in [5.74, 6) is 0.367. The van der Waals surface area contributed by atoms with E-state index in [-0.39, 0.29) is 24.0 Å². The second-order valence-corrected chi connectivity index (χ2v) is 17.9. The Morgan fingerprint density at radius 3 is 2.36 bits per heavy atom. The monoisotopic (exact) mass is 661 g/mol. The number of anilines is 1. The van der Waals surface area contributed by atoms with Gasteiger partial charge in [-0.05, 0) is 71.3 Å². The molecule has 6 atom stereocenters. The maximum absolute atomic E-state index is 14.0. The molecule has 4 rings (SSSR count). The van der Waals surface area contributed by atoms with E-state index in [0.29, 0.717) is 29.9 Å². The number of hydrogen-bond donors (Lipinski definition) is 4. The third-order valence-electron chi connectivity index (χ3n) is 9.43. The number of fused-ring (bicyclic) bond motifs is 1. The molecule has 2 fully saturated rings. The lowest BCUT2D eigenvalue weighted by Crippen LogP contribution is -2.62. The highest BCUT2D eigenvalue weighted by Gasteiger charge is 2.46. The summed E-state index contributed by atoms with van der Waals surface area (Å²) in [6.45, 7) is 9.85. The van der Waals surface area contributed by atoms with Crippen molar-refractivity contribution in [3.63, 3.8) is 0 Å². The topological polar surface area (TPSA) is 141 Å². The lowest BCUT2D eigenvalue weighted by Gasteiger charge is -2.47. The molecule has 2 heterocycles. The number of aromatic nitrogens is 1. The van der Waals surface area contributed by atoms with Crippen LogP contribution in [-0.2, 0) is 25.8 Å². The largest absolute Gasteiger partial charge is 0.390 e. The molecule has 2 aliphatic rings. The van der Waals surface area contributed by atoms with Crippen LogP contribution in [0, 0.1) is 11.8 Å². The molecular formula is C33H51N5O5S2. The number of aliphatic hydroxyl groups is 1. The van der Waals surface area contributed by atoms with E-state index < -0.39 is 38.7 Å². The third-order valence-corrected chi connectivity index (χ3v) is 12.3. The zero-order valence-corrected chi connectivity index (χ0v) is 29.1. The molecule has 0 radical (unpaired) electrons. The van der Waals surface area contributed by atoms with E-state index in [2.05, 4.69) is 25.8 Å². The summed E-state index contributed by atoms with van der Waals surface area (Å²) in [4.78, 5) is 33.9. The molecule has 12 heteroatoms. The van der Waals surface area contributed by atoms with Crippen molar-refractivity contribution < 1.29 is 23.1 Å². The van der Waals surface area contributed by atoms with Gasteiger partial charge in [-0.3, -0.25) is 14.5 Å². The fraction of sp³-hybridized carbons (Fsp3) is 0.667. The summed E-state index contributed by atoms with van der Waals surface area (Å²) in [6, 6.07) is 7.29. The zero-order valence-electron chi connectivity index (χ0n) is 27.5. The molecule has 1 aliphatic carbocycles. The summed E-state index contributed by atoms with van der Waals surface area (Å²) >= 11 is 1.27. The average molecular weight is 662 g/mol. The fourth-order valence-corrected chi connectivity index (χ4v) is 7.75. The van der Waals surface area contributed by atoms with Gasteiger partial charge < -0.3 is 21.1 Å². The number of benzene rings is 1. The highest BCUT2D eigenvalue weighted by atomic mass is 32.2. The van der Waals surface area contributed by atoms with Crippen LogP contribution >= 0.6 is 11.3 Å². The molecule has 0 spiro atoms. The van der Waals surface area contributed by atoms with E-state index in [0.717, 1.165) is 31.1 Å². The minimum absolute atomic E-state index is 0.0371. The summed E-state index contributed by atoms with van der Waals surface area (Å²) in [6.07, 6.45) is 7.34. The quantitative estimate of drug-likeness (QED) is 0.271. The average Bonchev–Trinajstić information content (AvgIpc) is 3.47. The number of rotatable bonds is 12. The molecule has 1 aromatic heterocycles. The number of sulfone groups is 1. The van der Waals surface area contributed by atoms with E-state index in [1.807, 2.05) is 51.1 Å². The van der Waals surface area contributed by atoms with Gasteiger partial charge in [-0.1, -0.05) is 49.6 Å². The molecule has 10 nitrogen and oxygen atoms in total. The molecule has 1 saturated heterocycles. The van der Waals surface area contributed by atoms with Crippen LogP contribution in [-0.4, -0.2) is 89.1 Å². The Bertz CT molecular complexity index is 1380. The number of aliphatic hydroxyl groups excluding tert-OH is 1. The summed E-state index contributed by atoms with van der Waals surface area (Å²) in [5, 5.41) is 23.2. The first-order valence-electron chi connectivity index (χ1n) is 16.0. The van der Waals surface area contributed by atoms with Crippen LogP contribution in [0.3, 0.4) is 0 Å². The van der Waals surface area contributed by atoms with Crippen molar-refractivity contribution >= 4 is 38.1 Å². The maximum Gasteiger partial charge on any atom is 0.244 e. The van der Waals surface area contributed by atoms with E-state index in [4.69, 9.17) is 0 Å². The van der Waals surface area contributed by atoms with Crippen molar-refractivity contribution in [1.29, 1.82) is 0 Å². The van der Waals surface area contributed by atoms with Crippen molar-refractivity contribution in [2.45, 2.75) is 108 Å². The molecule has 4 N–H and O–H groups in total. The standard InChI is InChI=1S/C33H51N5O5S2/c1-32(2,3)37-29(40)26-19-23-14-10-11-15-24(23)20-38(26)21-27(39)25(18-22-12-8-7-9-13-22)35-30(41)28(33(4,5)45(6,42)43)36-31-34-16-17-44-31/h7-9,12-13,16-17,23-28,39H,10-11,14-15,18-21H2,1-6H3,(H,34,36)(H,35,41)(H,37,40)/t23?,24?,25-,26-,27+,28+/m0/s1. The molecule has 1 saturated carbocycles. The lowest BCUT2D eigenvalue weighted by atomic mass is 9.72. The third kappa shape index (κ3) is 9.27. The first-order chi connectivity index (χ1) is 21.0. The number of hydrogen-bond acceptors (Lipinski definition) is 9. The predicted molar refractivity (Wildman–Crippen MR) is 180 cm³/mol. The number of nitrogens with zero attached hydrogens (tertiary/aromatic N) is 2. The number of thiazole rings is 1. The van der Waals surface area contributed by atoms with E-state index >= 15 is 0 Å². The number of carbonyl (C=O) groups is 2. The van der Waals surface area contributed by atoms with E-state index in [1.54, 1.807) is 11.6 Å². The molecular weight excluding hydrogens is 611 g/mol. The Morgan fingerprint density at radius 2 is 1.76 bits per heavy atom. The van der Waals surface area contributed by atoms with Crippen molar-refractivity contribution in [3.05, 3.63) is 47.5 Å². The van der Waals surface area contributed by atoms with Crippen LogP contribution in [0.5, 0.6) is 0 Å². The summed E-state index contributed by atoms with van der Waals surface area (Å²) in [5.41, 5.74) is 0.530. The molecule has 1 aromatic carbocycles. The normalized spacial score (nSPS) is 23.3. The Balaban J connectivity index is 1.61. The highest BCUT2D eigenvalue weighted by Crippen LogP contribution is 2.39. The van der Waals surface area contributed by atoms with Crippen LogP contribution in [0.25, 0.3) is 0 Å².